The van der Waals surface area contributed by atoms with Crippen LogP contribution in [0, 0.1) is 0 Å². The molecule has 0 aliphatic carbocycles. The summed E-state index contributed by atoms with van der Waals surface area (Å²) in [4.78, 5) is 11.5. The van der Waals surface area contributed by atoms with Gasteiger partial charge in [0.1, 0.15) is 5.60 Å². The molecule has 0 radical (unpaired) electrons. The molecule has 1 unspecified atom stereocenters. The molecule has 0 rings (SSSR count). The number of esters is 1. The molecule has 0 heterocycles. The third kappa shape index (κ3) is 11.4. The SMILES string of the molecule is C=CCCCCCC(N)CC(=O)OC(C)(C)C. The van der Waals surface area contributed by atoms with Crippen LogP contribution >= 0.6 is 0 Å². The second-order valence-corrected chi connectivity index (χ2v) is 5.48. The normalized spacial score (nSPS) is 13.2. The Morgan fingerprint density at radius 1 is 1.35 bits per heavy atom. The molecule has 2 N–H and O–H groups in total. The number of ether oxygens (including phenoxy) is 1. The fourth-order valence-corrected chi connectivity index (χ4v) is 1.57. The molecule has 3 heteroatoms. The van der Waals surface area contributed by atoms with Crippen LogP contribution in [0.5, 0.6) is 0 Å². The second kappa shape index (κ2) is 8.29. The summed E-state index contributed by atoms with van der Waals surface area (Å²) in [6.45, 7) is 9.28. The summed E-state index contributed by atoms with van der Waals surface area (Å²) >= 11 is 0. The average molecular weight is 241 g/mol. The van der Waals surface area contributed by atoms with Gasteiger partial charge in [0.05, 0.1) is 6.42 Å². The minimum absolute atomic E-state index is 0.0754. The minimum atomic E-state index is -0.416. The molecular formula is C14H27NO2. The lowest BCUT2D eigenvalue weighted by Crippen LogP contribution is -2.30. The van der Waals surface area contributed by atoms with Crippen molar-refractivity contribution in [2.75, 3.05) is 0 Å². The van der Waals surface area contributed by atoms with Crippen molar-refractivity contribution in [3.63, 3.8) is 0 Å². The van der Waals surface area contributed by atoms with E-state index in [9.17, 15) is 4.79 Å². The van der Waals surface area contributed by atoms with Gasteiger partial charge in [-0.1, -0.05) is 18.9 Å². The first-order valence-electron chi connectivity index (χ1n) is 6.43. The van der Waals surface area contributed by atoms with E-state index in [-0.39, 0.29) is 12.0 Å². The molecule has 0 aliphatic heterocycles. The summed E-state index contributed by atoms with van der Waals surface area (Å²) in [5, 5.41) is 0. The lowest BCUT2D eigenvalue weighted by atomic mass is 10.1. The Kier molecular flexibility index (Phi) is 7.88. The fraction of sp³-hybridized carbons (Fsp3) is 0.786. The lowest BCUT2D eigenvalue weighted by Gasteiger charge is -2.20. The number of nitrogens with two attached hydrogens (primary N) is 1. The molecule has 0 aromatic heterocycles. The molecule has 0 aliphatic rings. The maximum Gasteiger partial charge on any atom is 0.307 e. The smallest absolute Gasteiger partial charge is 0.307 e. The highest BCUT2D eigenvalue weighted by Gasteiger charge is 2.18. The van der Waals surface area contributed by atoms with Crippen LogP contribution < -0.4 is 5.73 Å². The number of allylic oxidation sites excluding steroid dienone is 1. The number of hydrogen-bond donors (Lipinski definition) is 1. The van der Waals surface area contributed by atoms with E-state index in [0.29, 0.717) is 6.42 Å². The van der Waals surface area contributed by atoms with Crippen molar-refractivity contribution in [2.45, 2.75) is 70.9 Å². The third-order valence-corrected chi connectivity index (χ3v) is 2.33. The average Bonchev–Trinajstić information content (AvgIpc) is 2.14. The van der Waals surface area contributed by atoms with Crippen LogP contribution in [0.1, 0.15) is 59.3 Å². The third-order valence-electron chi connectivity index (χ3n) is 2.33. The molecule has 0 saturated heterocycles. The zero-order valence-electron chi connectivity index (χ0n) is 11.5. The second-order valence-electron chi connectivity index (χ2n) is 5.48. The summed E-state index contributed by atoms with van der Waals surface area (Å²) < 4.78 is 5.22. The van der Waals surface area contributed by atoms with E-state index in [1.807, 2.05) is 26.8 Å². The van der Waals surface area contributed by atoms with Gasteiger partial charge in [-0.2, -0.15) is 0 Å². The van der Waals surface area contributed by atoms with Gasteiger partial charge >= 0.3 is 5.97 Å². The van der Waals surface area contributed by atoms with Crippen molar-refractivity contribution in [1.82, 2.24) is 0 Å². The van der Waals surface area contributed by atoms with Crippen LogP contribution in [0.2, 0.25) is 0 Å². The molecule has 0 bridgehead atoms. The van der Waals surface area contributed by atoms with Gasteiger partial charge in [-0.15, -0.1) is 6.58 Å². The van der Waals surface area contributed by atoms with Crippen molar-refractivity contribution >= 4 is 5.97 Å². The van der Waals surface area contributed by atoms with E-state index >= 15 is 0 Å². The highest BCUT2D eigenvalue weighted by molar-refractivity contribution is 5.70. The molecule has 0 aromatic rings. The summed E-state index contributed by atoms with van der Waals surface area (Å²) in [6, 6.07) is -0.0754. The van der Waals surface area contributed by atoms with E-state index in [2.05, 4.69) is 6.58 Å². The van der Waals surface area contributed by atoms with Gasteiger partial charge in [-0.25, -0.2) is 0 Å². The maximum atomic E-state index is 11.5. The molecule has 3 nitrogen and oxygen atoms in total. The Labute approximate surface area is 105 Å². The van der Waals surface area contributed by atoms with Crippen molar-refractivity contribution in [3.05, 3.63) is 12.7 Å². The summed E-state index contributed by atoms with van der Waals surface area (Å²) in [5.74, 6) is -0.198. The Hall–Kier alpha value is -0.830. The molecule has 0 amide bonds. The standard InChI is InChI=1S/C14H27NO2/c1-5-6-7-8-9-10-12(15)11-13(16)17-14(2,3)4/h5,12H,1,6-11,15H2,2-4H3. The molecule has 1 atom stereocenters. The summed E-state index contributed by atoms with van der Waals surface area (Å²) in [5.41, 5.74) is 5.47. The first-order valence-corrected chi connectivity index (χ1v) is 6.43. The van der Waals surface area contributed by atoms with Gasteiger partial charge in [0.25, 0.3) is 0 Å². The van der Waals surface area contributed by atoms with Crippen LogP contribution in [0.15, 0.2) is 12.7 Å². The largest absolute Gasteiger partial charge is 0.460 e. The Bertz CT molecular complexity index is 231. The van der Waals surface area contributed by atoms with Gasteiger partial charge in [0.2, 0.25) is 0 Å². The number of unbranched alkanes of at least 4 members (excludes halogenated alkanes) is 3. The zero-order valence-corrected chi connectivity index (χ0v) is 11.5. The predicted molar refractivity (Wildman–Crippen MR) is 71.7 cm³/mol. The fourth-order valence-electron chi connectivity index (χ4n) is 1.57. The van der Waals surface area contributed by atoms with Gasteiger partial charge in [-0.05, 0) is 40.0 Å². The molecule has 0 saturated carbocycles. The number of hydrogen-bond acceptors (Lipinski definition) is 3. The molecule has 100 valence electrons. The number of carbonyl (C=O) groups is 1. The quantitative estimate of drug-likeness (QED) is 0.403. The van der Waals surface area contributed by atoms with Gasteiger partial charge in [0, 0.05) is 6.04 Å². The Morgan fingerprint density at radius 2 is 2.00 bits per heavy atom. The zero-order chi connectivity index (χ0) is 13.3. The van der Waals surface area contributed by atoms with E-state index in [0.717, 1.165) is 32.1 Å². The topological polar surface area (TPSA) is 52.3 Å². The van der Waals surface area contributed by atoms with E-state index in [4.69, 9.17) is 10.5 Å². The summed E-state index contributed by atoms with van der Waals surface area (Å²) in [6.07, 6.45) is 7.56. The Balaban J connectivity index is 3.60. The Morgan fingerprint density at radius 3 is 2.53 bits per heavy atom. The van der Waals surface area contributed by atoms with Gasteiger partial charge < -0.3 is 10.5 Å². The highest BCUT2D eigenvalue weighted by atomic mass is 16.6. The molecular weight excluding hydrogens is 214 g/mol. The minimum Gasteiger partial charge on any atom is -0.460 e. The van der Waals surface area contributed by atoms with Crippen molar-refractivity contribution in [3.8, 4) is 0 Å². The van der Waals surface area contributed by atoms with Crippen LogP contribution in [-0.2, 0) is 9.53 Å². The van der Waals surface area contributed by atoms with Crippen molar-refractivity contribution in [2.24, 2.45) is 5.73 Å². The predicted octanol–water partition coefficient (Wildman–Crippen LogP) is 3.18. The first kappa shape index (κ1) is 16.2. The highest BCUT2D eigenvalue weighted by Crippen LogP contribution is 2.11. The van der Waals surface area contributed by atoms with Gasteiger partial charge in [-0.3, -0.25) is 4.79 Å². The van der Waals surface area contributed by atoms with Gasteiger partial charge in [0.15, 0.2) is 0 Å². The lowest BCUT2D eigenvalue weighted by molar-refractivity contribution is -0.155. The summed E-state index contributed by atoms with van der Waals surface area (Å²) in [7, 11) is 0. The molecule has 17 heavy (non-hydrogen) atoms. The van der Waals surface area contributed by atoms with Crippen LogP contribution in [0.3, 0.4) is 0 Å². The monoisotopic (exact) mass is 241 g/mol. The van der Waals surface area contributed by atoms with E-state index < -0.39 is 5.60 Å². The van der Waals surface area contributed by atoms with Crippen LogP contribution in [-0.4, -0.2) is 17.6 Å². The van der Waals surface area contributed by atoms with Crippen molar-refractivity contribution in [1.29, 1.82) is 0 Å². The van der Waals surface area contributed by atoms with Crippen molar-refractivity contribution < 1.29 is 9.53 Å². The van der Waals surface area contributed by atoms with E-state index in [1.54, 1.807) is 0 Å². The number of rotatable bonds is 8. The van der Waals surface area contributed by atoms with E-state index in [1.165, 1.54) is 0 Å². The molecule has 0 spiro atoms. The first-order chi connectivity index (χ1) is 7.85. The maximum absolute atomic E-state index is 11.5. The van der Waals surface area contributed by atoms with Crippen LogP contribution in [0.4, 0.5) is 0 Å². The molecule has 0 fully saturated rings. The van der Waals surface area contributed by atoms with Crippen LogP contribution in [0.25, 0.3) is 0 Å². The number of carbonyl (C=O) groups excluding carboxylic acids is 1. The molecule has 0 aromatic carbocycles.